The highest BCUT2D eigenvalue weighted by Crippen LogP contribution is 2.41. The van der Waals surface area contributed by atoms with E-state index in [2.05, 4.69) is 91.8 Å². The van der Waals surface area contributed by atoms with Crippen molar-refractivity contribution in [2.24, 2.45) is 7.05 Å². The molecule has 0 N–H and O–H groups in total. The number of halogens is 3. The van der Waals surface area contributed by atoms with Crippen LogP contribution in [0.15, 0.2) is 150 Å². The van der Waals surface area contributed by atoms with E-state index in [1.807, 2.05) is 167 Å². The maximum atomic E-state index is 6.99. The summed E-state index contributed by atoms with van der Waals surface area (Å²) in [7, 11) is 10.2. The van der Waals surface area contributed by atoms with Crippen LogP contribution in [0.2, 0.25) is 15.1 Å². The standard InChI is InChI=1S/C26H25ClN6O.C23H26ClN7.C22H27ClN6O/c1-31-11-13-32(14-12-31)15-16-33-26-22(23(27)24(28-29-26)18-7-3-2-4-8-18)25(30-33)21-17-19-9-5-6-10-20(19)34-21;1-28-11-13-30(14-12-28)15-16-31-23-19(22(27-31)18-9-6-10-29(18)2)20(24)21(25-26-23)17-7-4-3-5-8-17;1-27-10-12-28(13-11-27)14-15-29-22-19(18(26-29)9-6-16-30-2)20(23)21(24-25-22)17-7-4-3-5-8-17/h2-10,17H,11-16H2,1H3;3-10H,11-16H2,1-2H3;3-9H,10-16H2,1-2H3/b;;9-6+. The Morgan fingerprint density at radius 1 is 0.432 bits per heavy atom. The summed E-state index contributed by atoms with van der Waals surface area (Å²) in [5.74, 6) is 0.679. The lowest BCUT2D eigenvalue weighted by Crippen LogP contribution is -2.45. The molecule has 24 heteroatoms. The first-order valence-corrected chi connectivity index (χ1v) is 33.5. The fourth-order valence-corrected chi connectivity index (χ4v) is 13.3. The zero-order valence-electron chi connectivity index (χ0n) is 54.3. The third-order valence-corrected chi connectivity index (χ3v) is 19.1. The van der Waals surface area contributed by atoms with Crippen LogP contribution in [0, 0.1) is 0 Å². The van der Waals surface area contributed by atoms with Crippen molar-refractivity contribution in [3.05, 3.63) is 166 Å². The van der Waals surface area contributed by atoms with Crippen molar-refractivity contribution in [1.29, 1.82) is 0 Å². The molecular formula is C71H78Cl3N19O2. The molecule has 0 amide bonds. The van der Waals surface area contributed by atoms with Gasteiger partial charge in [-0.15, -0.1) is 30.6 Å². The zero-order chi connectivity index (χ0) is 65.4. The van der Waals surface area contributed by atoms with Crippen LogP contribution in [0.5, 0.6) is 0 Å². The van der Waals surface area contributed by atoms with E-state index in [-0.39, 0.29) is 0 Å². The highest BCUT2D eigenvalue weighted by atomic mass is 35.5. The largest absolute Gasteiger partial charge is 0.454 e. The first kappa shape index (κ1) is 65.3. The molecule has 8 aromatic heterocycles. The summed E-state index contributed by atoms with van der Waals surface area (Å²) in [6.45, 7) is 18.4. The fourth-order valence-electron chi connectivity index (χ4n) is 12.3. The Bertz CT molecular complexity index is 4530. The molecule has 12 aromatic rings. The molecule has 0 spiro atoms. The number of rotatable bonds is 17. The third kappa shape index (κ3) is 14.8. The summed E-state index contributed by atoms with van der Waals surface area (Å²) >= 11 is 20.8. The zero-order valence-corrected chi connectivity index (χ0v) is 56.6. The molecule has 3 aliphatic heterocycles. The number of para-hydroxylation sites is 1. The highest BCUT2D eigenvalue weighted by Gasteiger charge is 2.27. The number of methoxy groups -OCH3 is 1. The molecule has 3 aliphatic rings. The van der Waals surface area contributed by atoms with Crippen molar-refractivity contribution in [2.45, 2.75) is 19.6 Å². The quantitative estimate of drug-likeness (QED) is 0.0840. The predicted octanol–water partition coefficient (Wildman–Crippen LogP) is 11.3. The highest BCUT2D eigenvalue weighted by molar-refractivity contribution is 6.39. The van der Waals surface area contributed by atoms with Gasteiger partial charge in [-0.2, -0.15) is 15.3 Å². The second kappa shape index (κ2) is 30.2. The molecule has 95 heavy (non-hydrogen) atoms. The number of likely N-dealkylation sites (N-methyl/N-ethyl adjacent to an activating group) is 3. The fraction of sp³-hybridized carbons (Fsp3) is 0.338. The molecule has 0 unspecified atom stereocenters. The van der Waals surface area contributed by atoms with Crippen LogP contribution in [-0.4, -0.2) is 227 Å². The minimum atomic E-state index is 0.511. The molecule has 0 saturated carbocycles. The van der Waals surface area contributed by atoms with Gasteiger partial charge in [-0.3, -0.25) is 14.7 Å². The van der Waals surface area contributed by atoms with Gasteiger partial charge in [0.15, 0.2) is 22.7 Å². The van der Waals surface area contributed by atoms with Gasteiger partial charge in [0, 0.05) is 141 Å². The summed E-state index contributed by atoms with van der Waals surface area (Å²) < 4.78 is 19.2. The Hall–Kier alpha value is -8.32. The lowest BCUT2D eigenvalue weighted by atomic mass is 10.1. The maximum Gasteiger partial charge on any atom is 0.182 e. The molecule has 4 aromatic carbocycles. The molecule has 490 valence electrons. The van der Waals surface area contributed by atoms with Crippen LogP contribution in [0.3, 0.4) is 0 Å². The number of furan rings is 1. The van der Waals surface area contributed by atoms with E-state index in [1.54, 1.807) is 7.11 Å². The summed E-state index contributed by atoms with van der Waals surface area (Å²) in [5, 5.41) is 47.0. The summed E-state index contributed by atoms with van der Waals surface area (Å²) in [4.78, 5) is 14.5. The first-order chi connectivity index (χ1) is 46.5. The SMILES string of the molecule is CN1CCN(CCn2nc(-c3cc4ccccc4o3)c3c(Cl)c(-c4ccccc4)nnc32)CC1.CN1CCN(CCn2nc(-c3cccn3C)c3c(Cl)c(-c4ccccc4)nnc32)CC1.COC/C=C/c1nn(CCN2CCN(C)CC2)c2nnc(-c3ccccc3)c(Cl)c12. The number of aromatic nitrogens is 13. The summed E-state index contributed by atoms with van der Waals surface area (Å²) in [5.41, 5.74) is 11.1. The number of nitrogens with zero attached hydrogens (tertiary/aromatic N) is 19. The van der Waals surface area contributed by atoms with E-state index in [1.165, 1.54) is 0 Å². The number of fused-ring (bicyclic) bond motifs is 4. The van der Waals surface area contributed by atoms with Crippen molar-refractivity contribution >= 4 is 84.9 Å². The summed E-state index contributed by atoms with van der Waals surface area (Å²) in [6, 6.07) is 43.8. The number of aryl methyl sites for hydroxylation is 1. The van der Waals surface area contributed by atoms with Gasteiger partial charge in [0.05, 0.1) is 68.9 Å². The van der Waals surface area contributed by atoms with Crippen LogP contribution in [0.4, 0.5) is 0 Å². The van der Waals surface area contributed by atoms with Crippen molar-refractivity contribution in [3.63, 3.8) is 0 Å². The molecular weight excluding hydrogens is 1260 g/mol. The third-order valence-electron chi connectivity index (χ3n) is 18.0. The van der Waals surface area contributed by atoms with Crippen molar-refractivity contribution < 1.29 is 9.15 Å². The topological polar surface area (TPSA) is 178 Å². The van der Waals surface area contributed by atoms with Crippen LogP contribution in [0.1, 0.15) is 5.69 Å². The van der Waals surface area contributed by atoms with Crippen LogP contribution in [-0.2, 0) is 31.4 Å². The molecule has 0 bridgehead atoms. The second-order valence-electron chi connectivity index (χ2n) is 24.5. The lowest BCUT2D eigenvalue weighted by molar-refractivity contribution is 0.149. The van der Waals surface area contributed by atoms with Gasteiger partial charge in [0.1, 0.15) is 34.1 Å². The Morgan fingerprint density at radius 3 is 1.28 bits per heavy atom. The van der Waals surface area contributed by atoms with Crippen molar-refractivity contribution in [3.8, 4) is 56.6 Å². The molecule has 21 nitrogen and oxygen atoms in total. The van der Waals surface area contributed by atoms with Gasteiger partial charge in [0.2, 0.25) is 0 Å². The van der Waals surface area contributed by atoms with Gasteiger partial charge < -0.3 is 28.4 Å². The normalized spacial score (nSPS) is 15.7. The van der Waals surface area contributed by atoms with E-state index in [0.717, 1.165) is 178 Å². The predicted molar refractivity (Wildman–Crippen MR) is 380 cm³/mol. The van der Waals surface area contributed by atoms with Gasteiger partial charge in [-0.25, -0.2) is 14.0 Å². The van der Waals surface area contributed by atoms with Crippen molar-refractivity contribution in [1.82, 2.24) is 93.9 Å². The Labute approximate surface area is 567 Å². The molecule has 3 fully saturated rings. The average Bonchev–Trinajstić information content (AvgIpc) is 1.62. The van der Waals surface area contributed by atoms with E-state index in [4.69, 9.17) is 59.3 Å². The molecule has 0 atom stereocenters. The van der Waals surface area contributed by atoms with E-state index >= 15 is 0 Å². The Morgan fingerprint density at radius 2 is 0.842 bits per heavy atom. The van der Waals surface area contributed by atoms with Gasteiger partial charge >= 0.3 is 0 Å². The number of hydrogen-bond acceptors (Lipinski definition) is 17. The van der Waals surface area contributed by atoms with E-state index in [0.29, 0.717) is 68.0 Å². The van der Waals surface area contributed by atoms with Gasteiger partial charge in [-0.05, 0) is 51.5 Å². The van der Waals surface area contributed by atoms with Gasteiger partial charge in [-0.1, -0.05) is 150 Å². The van der Waals surface area contributed by atoms with Crippen LogP contribution < -0.4 is 0 Å². The molecule has 0 aliphatic carbocycles. The minimum Gasteiger partial charge on any atom is -0.454 e. The molecule has 15 rings (SSSR count). The van der Waals surface area contributed by atoms with E-state index in [9.17, 15) is 0 Å². The molecule has 0 radical (unpaired) electrons. The lowest BCUT2D eigenvalue weighted by Gasteiger charge is -2.32. The monoisotopic (exact) mass is 1330 g/mol. The minimum absolute atomic E-state index is 0.511. The maximum absolute atomic E-state index is 6.99. The van der Waals surface area contributed by atoms with Gasteiger partial charge in [0.25, 0.3) is 0 Å². The number of piperazine rings is 3. The Balaban J connectivity index is 0.000000129. The first-order valence-electron chi connectivity index (χ1n) is 32.4. The number of benzene rings is 4. The number of hydrogen-bond donors (Lipinski definition) is 0. The smallest absolute Gasteiger partial charge is 0.182 e. The van der Waals surface area contributed by atoms with Crippen LogP contribution in [0.25, 0.3) is 107 Å². The molecule has 11 heterocycles. The number of ether oxygens (including phenoxy) is 1. The van der Waals surface area contributed by atoms with E-state index < -0.39 is 0 Å². The second-order valence-corrected chi connectivity index (χ2v) is 25.6. The summed E-state index contributed by atoms with van der Waals surface area (Å²) in [6.07, 6.45) is 5.90. The molecule has 3 saturated heterocycles. The average molecular weight is 1340 g/mol. The van der Waals surface area contributed by atoms with Crippen LogP contribution >= 0.6 is 34.8 Å². The van der Waals surface area contributed by atoms with Crippen molar-refractivity contribution in [2.75, 3.05) is 133 Å². The Kier molecular flexibility index (Phi) is 20.8.